The monoisotopic (exact) mass is 351 g/mol. The van der Waals surface area contributed by atoms with Gasteiger partial charge in [-0.1, -0.05) is 41.1 Å². The van der Waals surface area contributed by atoms with E-state index in [0.29, 0.717) is 6.61 Å². The Labute approximate surface area is 133 Å². The Hall–Kier alpha value is -1.39. The molecule has 0 amide bonds. The smallest absolute Gasteiger partial charge is 0.123 e. The molecule has 0 radical (unpaired) electrons. The number of halogens is 2. The van der Waals surface area contributed by atoms with Gasteiger partial charge < -0.3 is 10.1 Å². The van der Waals surface area contributed by atoms with E-state index in [1.54, 1.807) is 0 Å². The third kappa shape index (κ3) is 4.05. The van der Waals surface area contributed by atoms with Crippen molar-refractivity contribution in [1.29, 1.82) is 0 Å². The number of benzene rings is 2. The average molecular weight is 352 g/mol. The second-order valence-corrected chi connectivity index (χ2v) is 5.51. The van der Waals surface area contributed by atoms with Crippen molar-refractivity contribution >= 4 is 15.9 Å². The quantitative estimate of drug-likeness (QED) is 0.815. The van der Waals surface area contributed by atoms with Crippen LogP contribution in [0.25, 0.3) is 0 Å². The summed E-state index contributed by atoms with van der Waals surface area (Å²) in [6, 6.07) is 12.6. The minimum Gasteiger partial charge on any atom is -0.494 e. The lowest BCUT2D eigenvalue weighted by molar-refractivity contribution is 0.340. The van der Waals surface area contributed by atoms with Crippen LogP contribution < -0.4 is 10.1 Å². The standard InChI is InChI=1S/C17H19BrFNO/c1-3-20-17(12-5-7-13(19)8-6-12)15-10-9-14(21-4-2)11-16(15)18/h5-11,17,20H,3-4H2,1-2H3. The zero-order valence-corrected chi connectivity index (χ0v) is 13.8. The van der Waals surface area contributed by atoms with E-state index in [9.17, 15) is 4.39 Å². The Morgan fingerprint density at radius 2 is 1.86 bits per heavy atom. The molecule has 2 aromatic carbocycles. The first-order valence-electron chi connectivity index (χ1n) is 7.06. The summed E-state index contributed by atoms with van der Waals surface area (Å²) in [5.41, 5.74) is 2.13. The summed E-state index contributed by atoms with van der Waals surface area (Å²) in [6.07, 6.45) is 0. The minimum atomic E-state index is -0.222. The number of ether oxygens (including phenoxy) is 1. The third-order valence-corrected chi connectivity index (χ3v) is 3.89. The van der Waals surface area contributed by atoms with Crippen molar-refractivity contribution in [3.63, 3.8) is 0 Å². The normalized spacial score (nSPS) is 12.2. The van der Waals surface area contributed by atoms with E-state index < -0.39 is 0 Å². The first-order chi connectivity index (χ1) is 10.2. The largest absolute Gasteiger partial charge is 0.494 e. The van der Waals surface area contributed by atoms with Gasteiger partial charge >= 0.3 is 0 Å². The summed E-state index contributed by atoms with van der Waals surface area (Å²) in [4.78, 5) is 0. The summed E-state index contributed by atoms with van der Waals surface area (Å²) in [5, 5.41) is 3.43. The fourth-order valence-corrected chi connectivity index (χ4v) is 2.85. The number of hydrogen-bond acceptors (Lipinski definition) is 2. The summed E-state index contributed by atoms with van der Waals surface area (Å²) in [7, 11) is 0. The molecule has 0 spiro atoms. The van der Waals surface area contributed by atoms with Crippen LogP contribution in [0.4, 0.5) is 4.39 Å². The Balaban J connectivity index is 2.35. The van der Waals surface area contributed by atoms with Crippen LogP contribution >= 0.6 is 15.9 Å². The zero-order chi connectivity index (χ0) is 15.2. The fraction of sp³-hybridized carbons (Fsp3) is 0.294. The lowest BCUT2D eigenvalue weighted by Crippen LogP contribution is -2.22. The molecule has 0 heterocycles. The van der Waals surface area contributed by atoms with E-state index in [4.69, 9.17) is 4.74 Å². The second kappa shape index (κ2) is 7.57. The Morgan fingerprint density at radius 3 is 2.43 bits per heavy atom. The molecule has 2 rings (SSSR count). The number of hydrogen-bond donors (Lipinski definition) is 1. The van der Waals surface area contributed by atoms with Crippen molar-refractivity contribution in [3.8, 4) is 5.75 Å². The highest BCUT2D eigenvalue weighted by molar-refractivity contribution is 9.10. The van der Waals surface area contributed by atoms with Crippen LogP contribution in [0.15, 0.2) is 46.9 Å². The number of nitrogens with one attached hydrogen (secondary N) is 1. The molecule has 0 bridgehead atoms. The van der Waals surface area contributed by atoms with Crippen molar-refractivity contribution in [1.82, 2.24) is 5.32 Å². The van der Waals surface area contributed by atoms with Crippen LogP contribution in [-0.2, 0) is 0 Å². The highest BCUT2D eigenvalue weighted by Gasteiger charge is 2.16. The summed E-state index contributed by atoms with van der Waals surface area (Å²) in [5.74, 6) is 0.613. The zero-order valence-electron chi connectivity index (χ0n) is 12.2. The van der Waals surface area contributed by atoms with Crippen LogP contribution in [0.3, 0.4) is 0 Å². The first-order valence-corrected chi connectivity index (χ1v) is 7.86. The molecule has 4 heteroatoms. The molecule has 0 aliphatic carbocycles. The van der Waals surface area contributed by atoms with Crippen molar-refractivity contribution in [2.75, 3.05) is 13.2 Å². The van der Waals surface area contributed by atoms with E-state index in [1.165, 1.54) is 12.1 Å². The fourth-order valence-electron chi connectivity index (χ4n) is 2.27. The van der Waals surface area contributed by atoms with Crippen LogP contribution in [-0.4, -0.2) is 13.2 Å². The highest BCUT2D eigenvalue weighted by Crippen LogP contribution is 2.31. The molecule has 0 aromatic heterocycles. The molecule has 1 N–H and O–H groups in total. The van der Waals surface area contributed by atoms with Gasteiger partial charge in [-0.15, -0.1) is 0 Å². The lowest BCUT2D eigenvalue weighted by Gasteiger charge is -2.21. The van der Waals surface area contributed by atoms with Gasteiger partial charge in [-0.3, -0.25) is 0 Å². The molecule has 112 valence electrons. The van der Waals surface area contributed by atoms with Gasteiger partial charge in [0, 0.05) is 4.47 Å². The molecule has 2 nitrogen and oxygen atoms in total. The molecule has 1 unspecified atom stereocenters. The summed E-state index contributed by atoms with van der Waals surface area (Å²) in [6.45, 7) is 5.48. The SMILES string of the molecule is CCNC(c1ccc(F)cc1)c1ccc(OCC)cc1Br. The van der Waals surface area contributed by atoms with Crippen LogP contribution in [0.2, 0.25) is 0 Å². The van der Waals surface area contributed by atoms with Gasteiger partial charge in [0.15, 0.2) is 0 Å². The van der Waals surface area contributed by atoms with Crippen molar-refractivity contribution in [2.24, 2.45) is 0 Å². The van der Waals surface area contributed by atoms with E-state index in [2.05, 4.69) is 28.2 Å². The van der Waals surface area contributed by atoms with Crippen LogP contribution in [0.5, 0.6) is 5.75 Å². The predicted octanol–water partition coefficient (Wildman–Crippen LogP) is 4.69. The first kappa shape index (κ1) is 16.0. The van der Waals surface area contributed by atoms with Gasteiger partial charge in [0.25, 0.3) is 0 Å². The van der Waals surface area contributed by atoms with Gasteiger partial charge in [0.2, 0.25) is 0 Å². The van der Waals surface area contributed by atoms with E-state index in [-0.39, 0.29) is 11.9 Å². The maximum absolute atomic E-state index is 13.1. The van der Waals surface area contributed by atoms with Crippen LogP contribution in [0.1, 0.15) is 31.0 Å². The maximum atomic E-state index is 13.1. The Morgan fingerprint density at radius 1 is 1.14 bits per heavy atom. The van der Waals surface area contributed by atoms with Crippen LogP contribution in [0, 0.1) is 5.82 Å². The maximum Gasteiger partial charge on any atom is 0.123 e. The molecule has 0 saturated heterocycles. The highest BCUT2D eigenvalue weighted by atomic mass is 79.9. The van der Waals surface area contributed by atoms with Crippen molar-refractivity contribution < 1.29 is 9.13 Å². The van der Waals surface area contributed by atoms with Gasteiger partial charge in [0.1, 0.15) is 11.6 Å². The van der Waals surface area contributed by atoms with E-state index in [1.807, 2.05) is 37.3 Å². The molecule has 21 heavy (non-hydrogen) atoms. The minimum absolute atomic E-state index is 0.0145. The lowest BCUT2D eigenvalue weighted by atomic mass is 9.98. The number of rotatable bonds is 6. The Kier molecular flexibility index (Phi) is 5.76. The van der Waals surface area contributed by atoms with Crippen molar-refractivity contribution in [3.05, 3.63) is 63.9 Å². The molecule has 0 fully saturated rings. The molecule has 0 aliphatic rings. The predicted molar refractivity (Wildman–Crippen MR) is 87.2 cm³/mol. The van der Waals surface area contributed by atoms with Crippen molar-refractivity contribution in [2.45, 2.75) is 19.9 Å². The molecular formula is C17H19BrFNO. The topological polar surface area (TPSA) is 21.3 Å². The molecule has 0 saturated carbocycles. The molecule has 1 atom stereocenters. The third-order valence-electron chi connectivity index (χ3n) is 3.21. The second-order valence-electron chi connectivity index (χ2n) is 4.66. The van der Waals surface area contributed by atoms with Gasteiger partial charge in [0.05, 0.1) is 12.6 Å². The molecule has 2 aromatic rings. The summed E-state index contributed by atoms with van der Waals surface area (Å²) < 4.78 is 19.6. The van der Waals surface area contributed by atoms with Gasteiger partial charge in [-0.25, -0.2) is 4.39 Å². The molecule has 0 aliphatic heterocycles. The average Bonchev–Trinajstić information content (AvgIpc) is 2.47. The van der Waals surface area contributed by atoms with E-state index in [0.717, 1.165) is 27.9 Å². The van der Waals surface area contributed by atoms with Gasteiger partial charge in [-0.05, 0) is 48.9 Å². The van der Waals surface area contributed by atoms with E-state index >= 15 is 0 Å². The van der Waals surface area contributed by atoms with Gasteiger partial charge in [-0.2, -0.15) is 0 Å². The Bertz CT molecular complexity index is 586. The molecular weight excluding hydrogens is 333 g/mol. The summed E-state index contributed by atoms with van der Waals surface area (Å²) >= 11 is 3.61.